The number of aromatic carboxylic acids is 1. The first-order valence-electron chi connectivity index (χ1n) is 7.49. The fourth-order valence-corrected chi connectivity index (χ4v) is 3.44. The number of hydrogen-bond donors (Lipinski definition) is 2. The average molecular weight is 311 g/mol. The van der Waals surface area contributed by atoms with Gasteiger partial charge in [0.05, 0.1) is 16.3 Å². The maximum absolute atomic E-state index is 11.6. The lowest BCUT2D eigenvalue weighted by Crippen LogP contribution is -2.37. The molecule has 1 aliphatic carbocycles. The Bertz CT molecular complexity index is 525. The lowest BCUT2D eigenvalue weighted by atomic mass is 10.0. The molecule has 1 aromatic carbocycles. The number of carboxylic acids is 1. The third-order valence-corrected chi connectivity index (χ3v) is 4.22. The van der Waals surface area contributed by atoms with Crippen molar-refractivity contribution in [1.82, 2.24) is 0 Å². The third-order valence-electron chi connectivity index (χ3n) is 3.93. The number of halogens is 1. The molecular weight excluding hydrogens is 288 g/mol. The van der Waals surface area contributed by atoms with Gasteiger partial charge in [0.15, 0.2) is 0 Å². The van der Waals surface area contributed by atoms with Crippen molar-refractivity contribution in [2.45, 2.75) is 45.6 Å². The molecule has 0 saturated heterocycles. The number of nitrogens with two attached hydrogens (primary N) is 1. The maximum Gasteiger partial charge on any atom is 0.337 e. The van der Waals surface area contributed by atoms with Crippen LogP contribution in [-0.4, -0.2) is 23.7 Å². The molecule has 0 unspecified atom stereocenters. The van der Waals surface area contributed by atoms with Gasteiger partial charge in [0.25, 0.3) is 0 Å². The van der Waals surface area contributed by atoms with Crippen molar-refractivity contribution < 1.29 is 9.90 Å². The smallest absolute Gasteiger partial charge is 0.337 e. The Hall–Kier alpha value is -1.42. The Kier molecular flexibility index (Phi) is 4.99. The zero-order valence-electron chi connectivity index (χ0n) is 12.6. The van der Waals surface area contributed by atoms with Crippen molar-refractivity contribution in [3.8, 4) is 0 Å². The van der Waals surface area contributed by atoms with E-state index in [1.807, 2.05) is 0 Å². The van der Waals surface area contributed by atoms with Gasteiger partial charge in [-0.1, -0.05) is 38.3 Å². The van der Waals surface area contributed by atoms with Crippen LogP contribution >= 0.6 is 11.6 Å². The van der Waals surface area contributed by atoms with E-state index in [4.69, 9.17) is 17.3 Å². The number of nitrogens with zero attached hydrogens (tertiary/aromatic N) is 1. The molecule has 0 aromatic heterocycles. The van der Waals surface area contributed by atoms with Crippen molar-refractivity contribution >= 4 is 28.9 Å². The summed E-state index contributed by atoms with van der Waals surface area (Å²) in [6.07, 6.45) is 4.56. The van der Waals surface area contributed by atoms with Crippen LogP contribution in [-0.2, 0) is 0 Å². The highest BCUT2D eigenvalue weighted by atomic mass is 35.5. The number of rotatable bonds is 5. The largest absolute Gasteiger partial charge is 0.478 e. The van der Waals surface area contributed by atoms with Crippen molar-refractivity contribution in [3.05, 3.63) is 22.7 Å². The van der Waals surface area contributed by atoms with E-state index in [0.717, 1.165) is 19.4 Å². The SMILES string of the molecule is CC(C)CN(c1c(Cl)cc(N)cc1C(=O)O)C1CCCC1. The van der Waals surface area contributed by atoms with Crippen LogP contribution in [0.2, 0.25) is 5.02 Å². The van der Waals surface area contributed by atoms with Gasteiger partial charge in [-0.15, -0.1) is 0 Å². The van der Waals surface area contributed by atoms with E-state index in [1.165, 1.54) is 18.9 Å². The summed E-state index contributed by atoms with van der Waals surface area (Å²) >= 11 is 6.35. The van der Waals surface area contributed by atoms with Gasteiger partial charge in [-0.3, -0.25) is 0 Å². The molecule has 0 heterocycles. The topological polar surface area (TPSA) is 66.6 Å². The van der Waals surface area contributed by atoms with Crippen molar-refractivity contribution in [1.29, 1.82) is 0 Å². The highest BCUT2D eigenvalue weighted by molar-refractivity contribution is 6.34. The van der Waals surface area contributed by atoms with Crippen molar-refractivity contribution in [2.75, 3.05) is 17.2 Å². The molecule has 1 aliphatic rings. The predicted molar refractivity (Wildman–Crippen MR) is 87.3 cm³/mol. The Morgan fingerprint density at radius 3 is 2.57 bits per heavy atom. The average Bonchev–Trinajstić information content (AvgIpc) is 2.89. The van der Waals surface area contributed by atoms with Gasteiger partial charge in [-0.05, 0) is 30.9 Å². The summed E-state index contributed by atoms with van der Waals surface area (Å²) in [6, 6.07) is 3.52. The molecule has 116 valence electrons. The molecule has 0 aliphatic heterocycles. The van der Waals surface area contributed by atoms with Gasteiger partial charge >= 0.3 is 5.97 Å². The minimum absolute atomic E-state index is 0.201. The van der Waals surface area contributed by atoms with Crippen LogP contribution < -0.4 is 10.6 Å². The van der Waals surface area contributed by atoms with E-state index < -0.39 is 5.97 Å². The summed E-state index contributed by atoms with van der Waals surface area (Å²) in [5, 5.41) is 9.93. The van der Waals surface area contributed by atoms with Crippen LogP contribution in [0.15, 0.2) is 12.1 Å². The quantitative estimate of drug-likeness (QED) is 0.806. The van der Waals surface area contributed by atoms with Crippen molar-refractivity contribution in [3.63, 3.8) is 0 Å². The molecule has 0 bridgehead atoms. The number of benzene rings is 1. The summed E-state index contributed by atoms with van der Waals surface area (Å²) in [6.45, 7) is 5.07. The molecule has 1 saturated carbocycles. The van der Waals surface area contributed by atoms with Crippen LogP contribution in [0.3, 0.4) is 0 Å². The van der Waals surface area contributed by atoms with Crippen LogP contribution in [0.4, 0.5) is 11.4 Å². The molecule has 21 heavy (non-hydrogen) atoms. The first kappa shape index (κ1) is 16.0. The summed E-state index contributed by atoms with van der Waals surface area (Å²) in [4.78, 5) is 13.8. The van der Waals surface area contributed by atoms with Gasteiger partial charge in [-0.2, -0.15) is 0 Å². The number of carbonyl (C=O) groups is 1. The Labute approximate surface area is 130 Å². The second kappa shape index (κ2) is 6.56. The minimum atomic E-state index is -0.981. The minimum Gasteiger partial charge on any atom is -0.478 e. The summed E-state index contributed by atoms with van der Waals surface area (Å²) in [5.74, 6) is -0.549. The third kappa shape index (κ3) is 3.62. The molecule has 5 heteroatoms. The molecule has 2 rings (SSSR count). The summed E-state index contributed by atoms with van der Waals surface area (Å²) < 4.78 is 0. The maximum atomic E-state index is 11.6. The van der Waals surface area contributed by atoms with Crippen LogP contribution in [0.1, 0.15) is 49.9 Å². The van der Waals surface area contributed by atoms with Gasteiger partial charge in [0, 0.05) is 18.3 Å². The number of carboxylic acid groups (broad SMARTS) is 1. The van der Waals surface area contributed by atoms with E-state index in [9.17, 15) is 9.90 Å². The molecule has 0 spiro atoms. The highest BCUT2D eigenvalue weighted by Gasteiger charge is 2.28. The standard InChI is InChI=1S/C16H23ClN2O2/c1-10(2)9-19(12-5-3-4-6-12)15-13(16(20)21)7-11(18)8-14(15)17/h7-8,10,12H,3-6,9,18H2,1-2H3,(H,20,21). The van der Waals surface area contributed by atoms with Gasteiger partial charge in [0.1, 0.15) is 0 Å². The lowest BCUT2D eigenvalue weighted by Gasteiger charge is -2.34. The number of hydrogen-bond acceptors (Lipinski definition) is 3. The van der Waals surface area contributed by atoms with E-state index in [1.54, 1.807) is 6.07 Å². The molecular formula is C16H23ClN2O2. The van der Waals surface area contributed by atoms with Gasteiger partial charge in [-0.25, -0.2) is 4.79 Å². The van der Waals surface area contributed by atoms with Gasteiger partial charge < -0.3 is 15.7 Å². The molecule has 1 aromatic rings. The normalized spacial score (nSPS) is 15.6. The van der Waals surface area contributed by atoms with Crippen LogP contribution in [0.25, 0.3) is 0 Å². The monoisotopic (exact) mass is 310 g/mol. The Morgan fingerprint density at radius 1 is 1.43 bits per heavy atom. The zero-order chi connectivity index (χ0) is 15.6. The second-order valence-corrected chi connectivity index (χ2v) is 6.60. The zero-order valence-corrected chi connectivity index (χ0v) is 13.4. The Morgan fingerprint density at radius 2 is 2.05 bits per heavy atom. The highest BCUT2D eigenvalue weighted by Crippen LogP contribution is 2.37. The summed E-state index contributed by atoms with van der Waals surface area (Å²) in [7, 11) is 0. The fraction of sp³-hybridized carbons (Fsp3) is 0.562. The van der Waals surface area contributed by atoms with E-state index >= 15 is 0 Å². The first-order valence-corrected chi connectivity index (χ1v) is 7.87. The molecule has 4 nitrogen and oxygen atoms in total. The van der Waals surface area contributed by atoms with E-state index in [0.29, 0.717) is 28.4 Å². The van der Waals surface area contributed by atoms with E-state index in [-0.39, 0.29) is 5.56 Å². The number of nitrogen functional groups attached to an aromatic ring is 1. The summed E-state index contributed by atoms with van der Waals surface area (Å²) in [5.41, 5.74) is 6.97. The number of anilines is 2. The molecule has 0 radical (unpaired) electrons. The predicted octanol–water partition coefficient (Wildman–Crippen LogP) is 4.03. The Balaban J connectivity index is 2.49. The van der Waals surface area contributed by atoms with Gasteiger partial charge in [0.2, 0.25) is 0 Å². The first-order chi connectivity index (χ1) is 9.90. The van der Waals surface area contributed by atoms with Crippen LogP contribution in [0.5, 0.6) is 0 Å². The molecule has 0 amide bonds. The molecule has 3 N–H and O–H groups in total. The van der Waals surface area contributed by atoms with E-state index in [2.05, 4.69) is 18.7 Å². The molecule has 0 atom stereocenters. The second-order valence-electron chi connectivity index (χ2n) is 6.19. The van der Waals surface area contributed by atoms with Crippen LogP contribution in [0, 0.1) is 5.92 Å². The van der Waals surface area contributed by atoms with Crippen molar-refractivity contribution in [2.24, 2.45) is 5.92 Å². The fourth-order valence-electron chi connectivity index (χ4n) is 3.11. The molecule has 1 fully saturated rings. The lowest BCUT2D eigenvalue weighted by molar-refractivity contribution is 0.0697.